The van der Waals surface area contributed by atoms with Crippen LogP contribution < -0.4 is 16.0 Å². The minimum atomic E-state index is -1.45. The number of hydrogen-bond donors (Lipinski definition) is 4. The number of esters is 1. The third kappa shape index (κ3) is 7.46. The molecule has 0 unspecified atom stereocenters. The zero-order valence-electron chi connectivity index (χ0n) is 17.2. The first kappa shape index (κ1) is 23.9. The van der Waals surface area contributed by atoms with Crippen LogP contribution in [0.4, 0.5) is 10.5 Å². The summed E-state index contributed by atoms with van der Waals surface area (Å²) in [5.41, 5.74) is 1.49. The van der Waals surface area contributed by atoms with Gasteiger partial charge in [-0.1, -0.05) is 30.3 Å². The van der Waals surface area contributed by atoms with Gasteiger partial charge in [0, 0.05) is 12.1 Å². The molecule has 2 atom stereocenters. The van der Waals surface area contributed by atoms with Gasteiger partial charge in [0.1, 0.15) is 12.1 Å². The molecular formula is C22H22N4O6. The first-order valence-electron chi connectivity index (χ1n) is 9.54. The number of hydrogen-bond acceptors (Lipinski definition) is 6. The fraction of sp³-hybridized carbons (Fsp3) is 0.227. The lowest BCUT2D eigenvalue weighted by molar-refractivity contribution is -0.145. The minimum absolute atomic E-state index is 0.122. The lowest BCUT2D eigenvalue weighted by atomic mass is 10.1. The van der Waals surface area contributed by atoms with E-state index >= 15 is 0 Å². The number of aliphatic carboxylic acids is 1. The van der Waals surface area contributed by atoms with Crippen molar-refractivity contribution in [2.45, 2.75) is 24.9 Å². The number of nitrogens with zero attached hydrogens (tertiary/aromatic N) is 1. The Labute approximate surface area is 184 Å². The van der Waals surface area contributed by atoms with Crippen LogP contribution in [-0.4, -0.2) is 48.2 Å². The van der Waals surface area contributed by atoms with Crippen LogP contribution in [0, 0.1) is 11.3 Å². The van der Waals surface area contributed by atoms with Gasteiger partial charge in [-0.3, -0.25) is 9.59 Å². The summed E-state index contributed by atoms with van der Waals surface area (Å²) in [7, 11) is 1.17. The SMILES string of the molecule is COC(=O)[C@H](Cc1ccccc1)NC(=O)[C@H](CC(=O)O)NC(=O)Nc1ccc(C#N)cc1. The number of rotatable bonds is 9. The second-order valence-electron chi connectivity index (χ2n) is 6.71. The number of nitrogens with one attached hydrogen (secondary N) is 3. The average molecular weight is 438 g/mol. The molecule has 0 spiro atoms. The van der Waals surface area contributed by atoms with Crippen LogP contribution in [0.3, 0.4) is 0 Å². The number of amides is 3. The van der Waals surface area contributed by atoms with E-state index in [1.54, 1.807) is 30.3 Å². The van der Waals surface area contributed by atoms with E-state index in [0.29, 0.717) is 11.3 Å². The van der Waals surface area contributed by atoms with E-state index < -0.39 is 42.4 Å². The van der Waals surface area contributed by atoms with Crippen LogP contribution >= 0.6 is 0 Å². The molecule has 0 saturated carbocycles. The number of carboxylic acid groups (broad SMARTS) is 1. The molecule has 0 aliphatic heterocycles. The molecule has 2 aromatic rings. The summed E-state index contributed by atoms with van der Waals surface area (Å²) >= 11 is 0. The van der Waals surface area contributed by atoms with Gasteiger partial charge < -0.3 is 25.8 Å². The van der Waals surface area contributed by atoms with Crippen molar-refractivity contribution in [1.82, 2.24) is 10.6 Å². The van der Waals surface area contributed by atoms with Gasteiger partial charge in [-0.25, -0.2) is 9.59 Å². The Hall–Kier alpha value is -4.39. The van der Waals surface area contributed by atoms with Crippen LogP contribution in [0.15, 0.2) is 54.6 Å². The molecule has 0 fully saturated rings. The number of methoxy groups -OCH3 is 1. The topological polar surface area (TPSA) is 158 Å². The van der Waals surface area contributed by atoms with Gasteiger partial charge in [0.2, 0.25) is 5.91 Å². The molecule has 166 valence electrons. The number of carbonyl (C=O) groups excluding carboxylic acids is 3. The number of ether oxygens (including phenoxy) is 1. The normalized spacial score (nSPS) is 11.9. The third-order valence-corrected chi connectivity index (χ3v) is 4.36. The Bertz CT molecular complexity index is 1000. The van der Waals surface area contributed by atoms with Gasteiger partial charge in [-0.15, -0.1) is 0 Å². The van der Waals surface area contributed by atoms with Crippen LogP contribution in [0.25, 0.3) is 0 Å². The fourth-order valence-electron chi connectivity index (χ4n) is 2.80. The average Bonchev–Trinajstić information content (AvgIpc) is 2.78. The highest BCUT2D eigenvalue weighted by molar-refractivity contribution is 5.96. The molecule has 10 heteroatoms. The van der Waals surface area contributed by atoms with Gasteiger partial charge in [0.05, 0.1) is 25.2 Å². The number of benzene rings is 2. The Balaban J connectivity index is 2.08. The molecule has 0 aliphatic carbocycles. The monoisotopic (exact) mass is 438 g/mol. The third-order valence-electron chi connectivity index (χ3n) is 4.36. The van der Waals surface area contributed by atoms with Crippen molar-refractivity contribution in [2.24, 2.45) is 0 Å². The van der Waals surface area contributed by atoms with Crippen molar-refractivity contribution >= 4 is 29.6 Å². The molecular weight excluding hydrogens is 416 g/mol. The van der Waals surface area contributed by atoms with Crippen molar-refractivity contribution in [1.29, 1.82) is 5.26 Å². The molecule has 0 radical (unpaired) electrons. The van der Waals surface area contributed by atoms with Crippen LogP contribution in [0.1, 0.15) is 17.5 Å². The van der Waals surface area contributed by atoms with E-state index in [2.05, 4.69) is 16.0 Å². The Kier molecular flexibility index (Phi) is 8.74. The summed E-state index contributed by atoms with van der Waals surface area (Å²) in [6.07, 6.45) is -0.581. The number of carboxylic acids is 1. The lowest BCUT2D eigenvalue weighted by Gasteiger charge is -2.21. The number of anilines is 1. The molecule has 0 aromatic heterocycles. The van der Waals surface area contributed by atoms with Gasteiger partial charge in [-0.2, -0.15) is 5.26 Å². The smallest absolute Gasteiger partial charge is 0.328 e. The van der Waals surface area contributed by atoms with E-state index in [1.165, 1.54) is 31.4 Å². The van der Waals surface area contributed by atoms with E-state index in [4.69, 9.17) is 15.1 Å². The number of carbonyl (C=O) groups is 4. The maximum atomic E-state index is 12.7. The van der Waals surface area contributed by atoms with Gasteiger partial charge in [-0.05, 0) is 29.8 Å². The van der Waals surface area contributed by atoms with Crippen molar-refractivity contribution < 1.29 is 29.0 Å². The second-order valence-corrected chi connectivity index (χ2v) is 6.71. The molecule has 32 heavy (non-hydrogen) atoms. The highest BCUT2D eigenvalue weighted by Gasteiger charge is 2.29. The summed E-state index contributed by atoms with van der Waals surface area (Å²) in [5.74, 6) is -2.88. The standard InChI is InChI=1S/C22H22N4O6/c1-32-21(30)18(11-14-5-3-2-4-6-14)25-20(29)17(12-19(27)28)26-22(31)24-16-9-7-15(13-23)8-10-16/h2-10,17-18H,11-12H2,1H3,(H,25,29)(H,27,28)(H2,24,26,31)/t17-,18-/m0/s1. The van der Waals surface area contributed by atoms with Crippen molar-refractivity contribution in [2.75, 3.05) is 12.4 Å². The maximum Gasteiger partial charge on any atom is 0.328 e. The molecule has 0 aliphatic rings. The first-order valence-corrected chi connectivity index (χ1v) is 9.54. The van der Waals surface area contributed by atoms with Crippen LogP contribution in [0.5, 0.6) is 0 Å². The molecule has 3 amide bonds. The summed E-state index contributed by atoms with van der Waals surface area (Å²) in [6.45, 7) is 0. The minimum Gasteiger partial charge on any atom is -0.481 e. The molecule has 0 bridgehead atoms. The summed E-state index contributed by atoms with van der Waals surface area (Å²) in [4.78, 5) is 48.3. The fourth-order valence-corrected chi connectivity index (χ4v) is 2.80. The largest absolute Gasteiger partial charge is 0.481 e. The van der Waals surface area contributed by atoms with Crippen molar-refractivity contribution in [3.8, 4) is 6.07 Å². The summed E-state index contributed by atoms with van der Waals surface area (Å²) < 4.78 is 4.73. The quantitative estimate of drug-likeness (QED) is 0.431. The lowest BCUT2D eigenvalue weighted by Crippen LogP contribution is -2.53. The van der Waals surface area contributed by atoms with Gasteiger partial charge in [0.15, 0.2) is 0 Å². The highest BCUT2D eigenvalue weighted by Crippen LogP contribution is 2.09. The zero-order chi connectivity index (χ0) is 23.5. The van der Waals surface area contributed by atoms with Crippen LogP contribution in [0.2, 0.25) is 0 Å². The number of nitriles is 1. The maximum absolute atomic E-state index is 12.7. The summed E-state index contributed by atoms with van der Waals surface area (Å²) in [6, 6.07) is 13.4. The zero-order valence-corrected chi connectivity index (χ0v) is 17.2. The molecule has 0 saturated heterocycles. The number of urea groups is 1. The predicted molar refractivity (Wildman–Crippen MR) is 113 cm³/mol. The van der Waals surface area contributed by atoms with Crippen molar-refractivity contribution in [3.05, 3.63) is 65.7 Å². The second kappa shape index (κ2) is 11.7. The first-order chi connectivity index (χ1) is 15.3. The molecule has 4 N–H and O–H groups in total. The predicted octanol–water partition coefficient (Wildman–Crippen LogP) is 1.42. The Morgan fingerprint density at radius 3 is 2.22 bits per heavy atom. The van der Waals surface area contributed by atoms with E-state index in [9.17, 15) is 19.2 Å². The van der Waals surface area contributed by atoms with E-state index in [1.807, 2.05) is 6.07 Å². The summed E-state index contributed by atoms with van der Waals surface area (Å²) in [5, 5.41) is 25.2. The van der Waals surface area contributed by atoms with Gasteiger partial charge in [0.25, 0.3) is 0 Å². The molecule has 10 nitrogen and oxygen atoms in total. The van der Waals surface area contributed by atoms with Gasteiger partial charge >= 0.3 is 18.0 Å². The Morgan fingerprint density at radius 1 is 1.00 bits per heavy atom. The molecule has 0 heterocycles. The van der Waals surface area contributed by atoms with Crippen LogP contribution in [-0.2, 0) is 25.5 Å². The molecule has 2 rings (SSSR count). The van der Waals surface area contributed by atoms with Crippen molar-refractivity contribution in [3.63, 3.8) is 0 Å². The molecule has 2 aromatic carbocycles. The highest BCUT2D eigenvalue weighted by atomic mass is 16.5. The van der Waals surface area contributed by atoms with E-state index in [-0.39, 0.29) is 6.42 Å². The van der Waals surface area contributed by atoms with E-state index in [0.717, 1.165) is 5.56 Å². The Morgan fingerprint density at radius 2 is 1.66 bits per heavy atom.